The lowest BCUT2D eigenvalue weighted by Gasteiger charge is -2.04. The second-order valence-electron chi connectivity index (χ2n) is 4.84. The van der Waals surface area contributed by atoms with Gasteiger partial charge in [0.15, 0.2) is 0 Å². The first kappa shape index (κ1) is 14.2. The van der Waals surface area contributed by atoms with Crippen molar-refractivity contribution in [1.29, 1.82) is 0 Å². The van der Waals surface area contributed by atoms with Crippen LogP contribution in [0.3, 0.4) is 0 Å². The molecule has 0 atom stereocenters. The van der Waals surface area contributed by atoms with Gasteiger partial charge in [0.1, 0.15) is 4.88 Å². The molecule has 5 N–H and O–H groups in total. The van der Waals surface area contributed by atoms with Crippen molar-refractivity contribution < 1.29 is 4.79 Å². The lowest BCUT2D eigenvalue weighted by Crippen LogP contribution is -2.11. The van der Waals surface area contributed by atoms with Gasteiger partial charge >= 0.3 is 0 Å². The first-order valence-electron chi connectivity index (χ1n) is 6.75. The maximum atomic E-state index is 12.4. The van der Waals surface area contributed by atoms with E-state index in [-0.39, 0.29) is 5.91 Å². The maximum absolute atomic E-state index is 12.4. The third kappa shape index (κ3) is 2.94. The van der Waals surface area contributed by atoms with E-state index in [0.717, 1.165) is 10.4 Å². The Kier molecular flexibility index (Phi) is 3.80. The van der Waals surface area contributed by atoms with Gasteiger partial charge in [0.2, 0.25) is 0 Å². The molecule has 0 aliphatic carbocycles. The molecule has 110 valence electrons. The van der Waals surface area contributed by atoms with Crippen LogP contribution in [0.4, 0.5) is 17.1 Å². The van der Waals surface area contributed by atoms with Crippen LogP contribution in [0.2, 0.25) is 0 Å². The molecule has 22 heavy (non-hydrogen) atoms. The van der Waals surface area contributed by atoms with Crippen molar-refractivity contribution in [2.24, 2.45) is 0 Å². The van der Waals surface area contributed by atoms with Crippen LogP contribution in [0.5, 0.6) is 0 Å². The van der Waals surface area contributed by atoms with Crippen LogP contribution in [0.1, 0.15) is 9.67 Å². The van der Waals surface area contributed by atoms with Crippen LogP contribution >= 0.6 is 11.3 Å². The molecule has 0 unspecified atom stereocenters. The highest BCUT2D eigenvalue weighted by atomic mass is 32.1. The molecule has 2 aromatic carbocycles. The minimum Gasteiger partial charge on any atom is -0.399 e. The Balaban J connectivity index is 1.84. The number of carbonyl (C=O) groups is 1. The van der Waals surface area contributed by atoms with E-state index in [1.54, 1.807) is 24.3 Å². The van der Waals surface area contributed by atoms with Gasteiger partial charge in [-0.05, 0) is 35.9 Å². The summed E-state index contributed by atoms with van der Waals surface area (Å²) < 4.78 is 0. The van der Waals surface area contributed by atoms with E-state index in [9.17, 15) is 4.79 Å². The number of nitrogens with two attached hydrogens (primary N) is 2. The molecule has 0 spiro atoms. The zero-order chi connectivity index (χ0) is 15.5. The maximum Gasteiger partial charge on any atom is 0.267 e. The number of hydrogen-bond donors (Lipinski definition) is 3. The van der Waals surface area contributed by atoms with Crippen molar-refractivity contribution in [3.63, 3.8) is 0 Å². The fraction of sp³-hybridized carbons (Fsp3) is 0. The quantitative estimate of drug-likeness (QED) is 0.643. The lowest BCUT2D eigenvalue weighted by atomic mass is 10.2. The van der Waals surface area contributed by atoms with Crippen molar-refractivity contribution >= 4 is 34.3 Å². The van der Waals surface area contributed by atoms with Crippen molar-refractivity contribution in [3.05, 3.63) is 65.5 Å². The molecule has 0 fully saturated rings. The molecular weight excluding hydrogens is 294 g/mol. The Bertz CT molecular complexity index is 795. The summed E-state index contributed by atoms with van der Waals surface area (Å²) in [6.45, 7) is 0. The smallest absolute Gasteiger partial charge is 0.267 e. The number of nitrogen functional groups attached to an aromatic ring is 2. The predicted octanol–water partition coefficient (Wildman–Crippen LogP) is 3.83. The molecule has 0 aliphatic heterocycles. The van der Waals surface area contributed by atoms with Crippen molar-refractivity contribution in [3.8, 4) is 10.4 Å². The molecule has 5 heteroatoms. The first-order valence-corrected chi connectivity index (χ1v) is 7.57. The molecule has 1 heterocycles. The number of hydrogen-bond acceptors (Lipinski definition) is 4. The Morgan fingerprint density at radius 1 is 0.955 bits per heavy atom. The largest absolute Gasteiger partial charge is 0.399 e. The SMILES string of the molecule is Nc1ccc(NC(=O)c2sc(-c3ccccc3)cc2N)cc1. The van der Waals surface area contributed by atoms with Crippen molar-refractivity contribution in [2.75, 3.05) is 16.8 Å². The van der Waals surface area contributed by atoms with E-state index < -0.39 is 0 Å². The summed E-state index contributed by atoms with van der Waals surface area (Å²) in [6, 6.07) is 18.7. The number of rotatable bonds is 3. The highest BCUT2D eigenvalue weighted by molar-refractivity contribution is 7.18. The topological polar surface area (TPSA) is 81.1 Å². The number of benzene rings is 2. The highest BCUT2D eigenvalue weighted by Crippen LogP contribution is 2.33. The van der Waals surface area contributed by atoms with Crippen LogP contribution in [0.25, 0.3) is 10.4 Å². The van der Waals surface area contributed by atoms with Gasteiger partial charge < -0.3 is 16.8 Å². The van der Waals surface area contributed by atoms with Gasteiger partial charge in [0.25, 0.3) is 5.91 Å². The Morgan fingerprint density at radius 2 is 1.64 bits per heavy atom. The molecule has 1 aromatic heterocycles. The predicted molar refractivity (Wildman–Crippen MR) is 93.0 cm³/mol. The fourth-order valence-corrected chi connectivity index (χ4v) is 3.06. The summed E-state index contributed by atoms with van der Waals surface area (Å²) in [7, 11) is 0. The van der Waals surface area contributed by atoms with E-state index in [0.29, 0.717) is 21.9 Å². The molecule has 0 radical (unpaired) electrons. The van der Waals surface area contributed by atoms with E-state index in [1.807, 2.05) is 36.4 Å². The zero-order valence-corrected chi connectivity index (χ0v) is 12.6. The monoisotopic (exact) mass is 309 g/mol. The van der Waals surface area contributed by atoms with Gasteiger partial charge in [-0.15, -0.1) is 11.3 Å². The van der Waals surface area contributed by atoms with Crippen LogP contribution < -0.4 is 16.8 Å². The van der Waals surface area contributed by atoms with Crippen LogP contribution in [-0.2, 0) is 0 Å². The van der Waals surface area contributed by atoms with Gasteiger partial charge in [0, 0.05) is 16.3 Å². The summed E-state index contributed by atoms with van der Waals surface area (Å²) in [5, 5.41) is 2.83. The number of nitrogens with one attached hydrogen (secondary N) is 1. The number of thiophene rings is 1. The van der Waals surface area contributed by atoms with Gasteiger partial charge in [-0.25, -0.2) is 0 Å². The minimum absolute atomic E-state index is 0.213. The summed E-state index contributed by atoms with van der Waals surface area (Å²) in [5.74, 6) is -0.213. The molecule has 0 saturated heterocycles. The Labute approximate surface area is 132 Å². The van der Waals surface area contributed by atoms with Crippen LogP contribution in [0, 0.1) is 0 Å². The van der Waals surface area contributed by atoms with Gasteiger partial charge in [-0.2, -0.15) is 0 Å². The molecule has 0 saturated carbocycles. The molecule has 3 aromatic rings. The molecular formula is C17H15N3OS. The lowest BCUT2D eigenvalue weighted by molar-refractivity contribution is 0.103. The molecule has 0 bridgehead atoms. The summed E-state index contributed by atoms with van der Waals surface area (Å²) in [5.41, 5.74) is 14.5. The van der Waals surface area contributed by atoms with E-state index >= 15 is 0 Å². The summed E-state index contributed by atoms with van der Waals surface area (Å²) >= 11 is 1.38. The molecule has 4 nitrogen and oxygen atoms in total. The Hall–Kier alpha value is -2.79. The first-order chi connectivity index (χ1) is 10.6. The summed E-state index contributed by atoms with van der Waals surface area (Å²) in [6.07, 6.45) is 0. The average Bonchev–Trinajstić information content (AvgIpc) is 2.92. The van der Waals surface area contributed by atoms with Gasteiger partial charge in [-0.1, -0.05) is 30.3 Å². The van der Waals surface area contributed by atoms with Gasteiger partial charge in [-0.3, -0.25) is 4.79 Å². The average molecular weight is 309 g/mol. The zero-order valence-electron chi connectivity index (χ0n) is 11.7. The molecule has 0 aliphatic rings. The number of anilines is 3. The second-order valence-corrected chi connectivity index (χ2v) is 5.89. The van der Waals surface area contributed by atoms with E-state index in [4.69, 9.17) is 11.5 Å². The van der Waals surface area contributed by atoms with Crippen LogP contribution in [0.15, 0.2) is 60.7 Å². The van der Waals surface area contributed by atoms with Crippen molar-refractivity contribution in [1.82, 2.24) is 0 Å². The Morgan fingerprint density at radius 3 is 2.32 bits per heavy atom. The third-order valence-corrected chi connectivity index (χ3v) is 4.39. The van der Waals surface area contributed by atoms with Gasteiger partial charge in [0.05, 0.1) is 5.69 Å². The number of amides is 1. The van der Waals surface area contributed by atoms with E-state index in [1.165, 1.54) is 11.3 Å². The number of carbonyl (C=O) groups excluding carboxylic acids is 1. The summed E-state index contributed by atoms with van der Waals surface area (Å²) in [4.78, 5) is 13.8. The molecule has 3 rings (SSSR count). The standard InChI is InChI=1S/C17H15N3OS/c18-12-6-8-13(9-7-12)20-17(21)16-14(19)10-15(22-16)11-4-2-1-3-5-11/h1-10H,18-19H2,(H,20,21). The van der Waals surface area contributed by atoms with Crippen LogP contribution in [-0.4, -0.2) is 5.91 Å². The highest BCUT2D eigenvalue weighted by Gasteiger charge is 2.15. The molecule has 1 amide bonds. The second kappa shape index (κ2) is 5.91. The third-order valence-electron chi connectivity index (χ3n) is 3.19. The minimum atomic E-state index is -0.213. The fourth-order valence-electron chi connectivity index (χ4n) is 2.08. The normalized spacial score (nSPS) is 10.4. The van der Waals surface area contributed by atoms with E-state index in [2.05, 4.69) is 5.32 Å². The van der Waals surface area contributed by atoms with Crippen molar-refractivity contribution in [2.45, 2.75) is 0 Å².